The first kappa shape index (κ1) is 16.0. The zero-order valence-electron chi connectivity index (χ0n) is 14.5. The van der Waals surface area contributed by atoms with Gasteiger partial charge in [0.2, 0.25) is 5.89 Å². The minimum Gasteiger partial charge on any atom is -0.461 e. The average Bonchev–Trinajstić information content (AvgIpc) is 3.22. The quantitative estimate of drug-likeness (QED) is 0.757. The molecule has 3 fully saturated rings. The number of carbonyl (C=O) groups excluding carboxylic acids is 1. The summed E-state index contributed by atoms with van der Waals surface area (Å²) < 4.78 is 10.7. The highest BCUT2D eigenvalue weighted by molar-refractivity contribution is 5.78. The summed E-state index contributed by atoms with van der Waals surface area (Å²) in [7, 11) is 2.05. The molecule has 1 aromatic heterocycles. The van der Waals surface area contributed by atoms with Gasteiger partial charge in [0.1, 0.15) is 12.1 Å². The predicted molar refractivity (Wildman–Crippen MR) is 86.3 cm³/mol. The Labute approximate surface area is 142 Å². The van der Waals surface area contributed by atoms with Crippen molar-refractivity contribution in [3.05, 3.63) is 11.7 Å². The van der Waals surface area contributed by atoms with E-state index in [1.165, 1.54) is 12.8 Å². The molecule has 3 heterocycles. The molecule has 0 spiro atoms. The van der Waals surface area contributed by atoms with Crippen LogP contribution in [0, 0.1) is 0 Å². The Balaban J connectivity index is 1.35. The summed E-state index contributed by atoms with van der Waals surface area (Å²) in [6, 6.07) is 0.271. The number of piperidine rings is 1. The molecule has 0 amide bonds. The Kier molecular flexibility index (Phi) is 4.30. The van der Waals surface area contributed by atoms with Gasteiger partial charge < -0.3 is 9.26 Å². The molecule has 24 heavy (non-hydrogen) atoms. The van der Waals surface area contributed by atoms with Crippen molar-refractivity contribution in [3.63, 3.8) is 0 Å². The van der Waals surface area contributed by atoms with Crippen molar-refractivity contribution < 1.29 is 14.1 Å². The van der Waals surface area contributed by atoms with E-state index in [0.29, 0.717) is 12.0 Å². The van der Waals surface area contributed by atoms with Gasteiger partial charge in [-0.15, -0.1) is 0 Å². The number of aromatic nitrogens is 2. The van der Waals surface area contributed by atoms with Gasteiger partial charge in [0.25, 0.3) is 0 Å². The second kappa shape index (κ2) is 6.44. The van der Waals surface area contributed by atoms with E-state index in [1.54, 1.807) is 0 Å². The Morgan fingerprint density at radius 1 is 1.33 bits per heavy atom. The van der Waals surface area contributed by atoms with Crippen LogP contribution >= 0.6 is 0 Å². The van der Waals surface area contributed by atoms with Crippen molar-refractivity contribution in [2.24, 2.45) is 0 Å². The van der Waals surface area contributed by atoms with Gasteiger partial charge in [0, 0.05) is 24.9 Å². The second-order valence-corrected chi connectivity index (χ2v) is 7.52. The molecule has 132 valence electrons. The highest BCUT2D eigenvalue weighted by Crippen LogP contribution is 2.38. The molecule has 4 rings (SSSR count). The van der Waals surface area contributed by atoms with Crippen LogP contribution in [0.1, 0.15) is 56.7 Å². The molecule has 2 saturated heterocycles. The van der Waals surface area contributed by atoms with E-state index >= 15 is 0 Å². The standard InChI is InChI=1S/C17H26N4O3/c1-11-8-14(17(22)23-11)20(2)13-4-3-7-21(9-13)10-15-18-16(24-19-15)12-5-6-12/h11-14H,3-10H2,1-2H3. The van der Waals surface area contributed by atoms with Gasteiger partial charge in [-0.05, 0) is 46.2 Å². The summed E-state index contributed by atoms with van der Waals surface area (Å²) in [5.41, 5.74) is 0. The van der Waals surface area contributed by atoms with Crippen molar-refractivity contribution >= 4 is 5.97 Å². The molecule has 0 bridgehead atoms. The molecule has 1 aromatic rings. The van der Waals surface area contributed by atoms with Gasteiger partial charge in [-0.1, -0.05) is 5.16 Å². The lowest BCUT2D eigenvalue weighted by atomic mass is 10.0. The molecule has 3 aliphatic rings. The Morgan fingerprint density at radius 2 is 2.17 bits per heavy atom. The number of likely N-dealkylation sites (tertiary alicyclic amines) is 1. The molecule has 3 atom stereocenters. The van der Waals surface area contributed by atoms with E-state index in [1.807, 2.05) is 6.92 Å². The highest BCUT2D eigenvalue weighted by Gasteiger charge is 2.38. The van der Waals surface area contributed by atoms with E-state index in [2.05, 4.69) is 27.0 Å². The third-order valence-corrected chi connectivity index (χ3v) is 5.47. The van der Waals surface area contributed by atoms with Crippen molar-refractivity contribution in [2.75, 3.05) is 20.1 Å². The van der Waals surface area contributed by atoms with Crippen LogP contribution in [0.5, 0.6) is 0 Å². The molecular formula is C17H26N4O3. The minimum atomic E-state index is -0.100. The number of nitrogens with zero attached hydrogens (tertiary/aromatic N) is 4. The first-order chi connectivity index (χ1) is 11.6. The van der Waals surface area contributed by atoms with Crippen molar-refractivity contribution in [2.45, 2.75) is 69.7 Å². The zero-order chi connectivity index (χ0) is 16.7. The number of likely N-dealkylation sites (N-methyl/N-ethyl adjacent to an activating group) is 1. The van der Waals surface area contributed by atoms with Crippen LogP contribution in [0.4, 0.5) is 0 Å². The summed E-state index contributed by atoms with van der Waals surface area (Å²) >= 11 is 0. The number of esters is 1. The fourth-order valence-corrected chi connectivity index (χ4v) is 3.86. The number of carbonyl (C=O) groups is 1. The molecule has 1 saturated carbocycles. The van der Waals surface area contributed by atoms with E-state index in [9.17, 15) is 4.79 Å². The highest BCUT2D eigenvalue weighted by atomic mass is 16.6. The largest absolute Gasteiger partial charge is 0.461 e. The van der Waals surface area contributed by atoms with E-state index < -0.39 is 0 Å². The molecule has 0 N–H and O–H groups in total. The van der Waals surface area contributed by atoms with Gasteiger partial charge in [-0.3, -0.25) is 14.6 Å². The van der Waals surface area contributed by atoms with Crippen LogP contribution in [-0.2, 0) is 16.1 Å². The van der Waals surface area contributed by atoms with Gasteiger partial charge in [-0.2, -0.15) is 4.98 Å². The number of rotatable bonds is 5. The summed E-state index contributed by atoms with van der Waals surface area (Å²) in [5, 5.41) is 4.13. The molecule has 0 aromatic carbocycles. The lowest BCUT2D eigenvalue weighted by molar-refractivity contribution is -0.145. The Hall–Kier alpha value is -1.47. The van der Waals surface area contributed by atoms with Gasteiger partial charge in [-0.25, -0.2) is 0 Å². The summed E-state index contributed by atoms with van der Waals surface area (Å²) in [6.07, 6.45) is 5.42. The van der Waals surface area contributed by atoms with Crippen molar-refractivity contribution in [1.82, 2.24) is 19.9 Å². The van der Waals surface area contributed by atoms with Crippen LogP contribution < -0.4 is 0 Å². The smallest absolute Gasteiger partial charge is 0.323 e. The van der Waals surface area contributed by atoms with Crippen LogP contribution in [0.15, 0.2) is 4.52 Å². The van der Waals surface area contributed by atoms with Gasteiger partial charge in [0.15, 0.2) is 5.82 Å². The number of ether oxygens (including phenoxy) is 1. The molecule has 7 nitrogen and oxygen atoms in total. The normalized spacial score (nSPS) is 31.6. The number of hydrogen-bond donors (Lipinski definition) is 0. The summed E-state index contributed by atoms with van der Waals surface area (Å²) in [6.45, 7) is 4.67. The maximum Gasteiger partial charge on any atom is 0.323 e. The van der Waals surface area contributed by atoms with Gasteiger partial charge in [0.05, 0.1) is 6.54 Å². The summed E-state index contributed by atoms with van der Waals surface area (Å²) in [5.74, 6) is 2.02. The van der Waals surface area contributed by atoms with Crippen molar-refractivity contribution in [3.8, 4) is 0 Å². The molecule has 7 heteroatoms. The lowest BCUT2D eigenvalue weighted by Crippen LogP contribution is -2.51. The van der Waals surface area contributed by atoms with E-state index in [0.717, 1.165) is 50.6 Å². The third kappa shape index (κ3) is 3.32. The fraction of sp³-hybridized carbons (Fsp3) is 0.824. The molecule has 3 unspecified atom stereocenters. The van der Waals surface area contributed by atoms with E-state index in [-0.39, 0.29) is 18.1 Å². The molecule has 1 aliphatic carbocycles. The summed E-state index contributed by atoms with van der Waals surface area (Å²) in [4.78, 5) is 21.1. The maximum absolute atomic E-state index is 12.0. The van der Waals surface area contributed by atoms with Crippen LogP contribution in [-0.4, -0.2) is 64.2 Å². The lowest BCUT2D eigenvalue weighted by Gasteiger charge is -2.38. The first-order valence-electron chi connectivity index (χ1n) is 9.07. The molecular weight excluding hydrogens is 308 g/mol. The zero-order valence-corrected chi connectivity index (χ0v) is 14.5. The molecule has 2 aliphatic heterocycles. The number of cyclic esters (lactones) is 1. The topological polar surface area (TPSA) is 71.7 Å². The number of hydrogen-bond acceptors (Lipinski definition) is 7. The second-order valence-electron chi connectivity index (χ2n) is 7.52. The Bertz CT molecular complexity index is 600. The van der Waals surface area contributed by atoms with Gasteiger partial charge >= 0.3 is 5.97 Å². The SMILES string of the molecule is CC1CC(N(C)C2CCCN(Cc3noc(C4CC4)n3)C2)C(=O)O1. The first-order valence-corrected chi connectivity index (χ1v) is 9.07. The third-order valence-electron chi connectivity index (χ3n) is 5.47. The monoisotopic (exact) mass is 334 g/mol. The predicted octanol–water partition coefficient (Wildman–Crippen LogP) is 1.55. The van der Waals surface area contributed by atoms with Crippen LogP contribution in [0.2, 0.25) is 0 Å². The van der Waals surface area contributed by atoms with E-state index in [4.69, 9.17) is 9.26 Å². The maximum atomic E-state index is 12.0. The molecule has 0 radical (unpaired) electrons. The van der Waals surface area contributed by atoms with Crippen LogP contribution in [0.25, 0.3) is 0 Å². The minimum absolute atomic E-state index is 0.0322. The fourth-order valence-electron chi connectivity index (χ4n) is 3.86. The van der Waals surface area contributed by atoms with Crippen LogP contribution in [0.3, 0.4) is 0 Å². The van der Waals surface area contributed by atoms with Crippen molar-refractivity contribution in [1.29, 1.82) is 0 Å². The average molecular weight is 334 g/mol. The Morgan fingerprint density at radius 3 is 2.88 bits per heavy atom.